The van der Waals surface area contributed by atoms with Gasteiger partial charge in [-0.1, -0.05) is 68.5 Å². The van der Waals surface area contributed by atoms with Crippen molar-refractivity contribution in [2.24, 2.45) is 17.8 Å². The highest BCUT2D eigenvalue weighted by Crippen LogP contribution is 2.27. The summed E-state index contributed by atoms with van der Waals surface area (Å²) in [7, 11) is 0. The van der Waals surface area contributed by atoms with E-state index < -0.39 is 35.5 Å². The zero-order valence-corrected chi connectivity index (χ0v) is 18.5. The normalized spacial score (nSPS) is 15.0. The Hall–Kier alpha value is -3.78. The molecule has 1 heterocycles. The Balaban J connectivity index is 1.81. The molecule has 172 valence electrons. The minimum atomic E-state index is -0.910. The fourth-order valence-corrected chi connectivity index (χ4v) is 3.90. The number of hydrogen-bond donors (Lipinski definition) is 3. The van der Waals surface area contributed by atoms with Crippen molar-refractivity contribution in [3.05, 3.63) is 77.4 Å². The number of fused-ring (bicyclic) bond motifs is 1. The molecule has 2 aromatic rings. The molecule has 8 heteroatoms. The number of carbonyl (C=O) groups excluding carboxylic acids is 4. The lowest BCUT2D eigenvalue weighted by molar-refractivity contribution is -0.141. The van der Waals surface area contributed by atoms with Crippen LogP contribution >= 0.6 is 0 Å². The number of nitrogens with one attached hydrogen (secondary N) is 2. The topological polar surface area (TPSA) is 116 Å². The minimum Gasteiger partial charge on any atom is -0.289 e. The average Bonchev–Trinajstić information content (AvgIpc) is 3.05. The van der Waals surface area contributed by atoms with E-state index in [0.717, 1.165) is 5.56 Å². The van der Waals surface area contributed by atoms with Crippen LogP contribution in [0.5, 0.6) is 0 Å². The average molecular weight is 450 g/mol. The molecule has 1 aliphatic rings. The fourth-order valence-electron chi connectivity index (χ4n) is 3.90. The molecular formula is C25H27N3O5. The molecule has 0 radical (unpaired) electrons. The third-order valence-electron chi connectivity index (χ3n) is 5.51. The minimum absolute atomic E-state index is 0.0371. The molecular weight excluding hydrogens is 422 g/mol. The van der Waals surface area contributed by atoms with E-state index in [9.17, 15) is 24.4 Å². The van der Waals surface area contributed by atoms with Gasteiger partial charge in [0.15, 0.2) is 0 Å². The van der Waals surface area contributed by atoms with Crippen molar-refractivity contribution >= 4 is 29.7 Å². The van der Waals surface area contributed by atoms with E-state index in [4.69, 9.17) is 0 Å². The number of amides is 4. The molecule has 3 rings (SSSR count). The molecule has 0 saturated heterocycles. The second-order valence-electron chi connectivity index (χ2n) is 8.33. The smallest absolute Gasteiger partial charge is 0.280 e. The van der Waals surface area contributed by atoms with Crippen LogP contribution in [-0.4, -0.2) is 33.8 Å². The van der Waals surface area contributed by atoms with E-state index in [1.807, 2.05) is 50.3 Å². The van der Waals surface area contributed by atoms with Crippen molar-refractivity contribution < 1.29 is 24.4 Å². The van der Waals surface area contributed by atoms with Crippen LogP contribution in [0.4, 0.5) is 0 Å². The molecule has 2 atom stereocenters. The zero-order valence-electron chi connectivity index (χ0n) is 18.5. The predicted octanol–water partition coefficient (Wildman–Crippen LogP) is 3.20. The molecule has 1 unspecified atom stereocenters. The lowest BCUT2D eigenvalue weighted by atomic mass is 9.82. The Morgan fingerprint density at radius 1 is 0.909 bits per heavy atom. The molecule has 8 nitrogen and oxygen atoms in total. The summed E-state index contributed by atoms with van der Waals surface area (Å²) in [6.07, 6.45) is 4.07. The third kappa shape index (κ3) is 5.53. The number of hydroxylamine groups is 1. The molecule has 0 fully saturated rings. The SMILES string of the molecule is CC(C)CC(C(=O)NN1C(=O)c2ccccc2C1=O)[C@@H](C/C=C\c1ccccc1)C(=O)NO. The number of nitrogens with zero attached hydrogens (tertiary/aromatic N) is 1. The van der Waals surface area contributed by atoms with Crippen LogP contribution in [-0.2, 0) is 9.59 Å². The Labute approximate surface area is 192 Å². The maximum absolute atomic E-state index is 13.2. The van der Waals surface area contributed by atoms with Crippen molar-refractivity contribution in [3.8, 4) is 0 Å². The quantitative estimate of drug-likeness (QED) is 0.309. The summed E-state index contributed by atoms with van der Waals surface area (Å²) in [5.74, 6) is -4.36. The number of imide groups is 1. The zero-order chi connectivity index (χ0) is 24.0. The molecule has 3 N–H and O–H groups in total. The van der Waals surface area contributed by atoms with Gasteiger partial charge in [-0.05, 0) is 36.5 Å². The summed E-state index contributed by atoms with van der Waals surface area (Å²) in [5.41, 5.74) is 5.40. The summed E-state index contributed by atoms with van der Waals surface area (Å²) < 4.78 is 0. The molecule has 0 aliphatic carbocycles. The van der Waals surface area contributed by atoms with Crippen LogP contribution in [0.3, 0.4) is 0 Å². The lowest BCUT2D eigenvalue weighted by Crippen LogP contribution is -2.51. The highest BCUT2D eigenvalue weighted by Gasteiger charge is 2.40. The number of carbonyl (C=O) groups is 4. The first-order chi connectivity index (χ1) is 15.8. The van der Waals surface area contributed by atoms with E-state index >= 15 is 0 Å². The highest BCUT2D eigenvalue weighted by molar-refractivity contribution is 6.21. The van der Waals surface area contributed by atoms with Crippen LogP contribution in [0.1, 0.15) is 53.0 Å². The summed E-state index contributed by atoms with van der Waals surface area (Å²) >= 11 is 0. The van der Waals surface area contributed by atoms with Gasteiger partial charge in [0, 0.05) is 0 Å². The summed E-state index contributed by atoms with van der Waals surface area (Å²) in [4.78, 5) is 51.0. The largest absolute Gasteiger partial charge is 0.289 e. The maximum atomic E-state index is 13.2. The van der Waals surface area contributed by atoms with Gasteiger partial charge >= 0.3 is 0 Å². The van der Waals surface area contributed by atoms with Gasteiger partial charge in [0.05, 0.1) is 23.0 Å². The standard InChI is InChI=1S/C25H27N3O5/c1-16(2)15-21(18(23(30)27-33)14-8-11-17-9-4-3-5-10-17)22(29)26-28-24(31)19-12-6-7-13-20(19)25(28)32/h3-13,16,18,21,33H,14-15H2,1-2H3,(H,26,29)(H,27,30)/b11-8-/t18-,21?/m1/s1. The first-order valence-corrected chi connectivity index (χ1v) is 10.8. The molecule has 0 bridgehead atoms. The predicted molar refractivity (Wildman–Crippen MR) is 122 cm³/mol. The van der Waals surface area contributed by atoms with Crippen molar-refractivity contribution in [3.63, 3.8) is 0 Å². The van der Waals surface area contributed by atoms with Crippen LogP contribution in [0.15, 0.2) is 60.7 Å². The van der Waals surface area contributed by atoms with Crippen molar-refractivity contribution in [1.29, 1.82) is 0 Å². The number of rotatable bonds is 9. The van der Waals surface area contributed by atoms with Crippen LogP contribution in [0, 0.1) is 17.8 Å². The molecule has 0 saturated carbocycles. The van der Waals surface area contributed by atoms with Gasteiger partial charge in [-0.2, -0.15) is 5.01 Å². The molecule has 0 aromatic heterocycles. The van der Waals surface area contributed by atoms with Gasteiger partial charge in [-0.3, -0.25) is 29.8 Å². The van der Waals surface area contributed by atoms with Gasteiger partial charge in [0.2, 0.25) is 11.8 Å². The van der Waals surface area contributed by atoms with Crippen molar-refractivity contribution in [1.82, 2.24) is 15.9 Å². The van der Waals surface area contributed by atoms with E-state index in [-0.39, 0.29) is 23.5 Å². The van der Waals surface area contributed by atoms with Gasteiger partial charge < -0.3 is 0 Å². The Morgan fingerprint density at radius 2 is 1.48 bits per heavy atom. The van der Waals surface area contributed by atoms with Gasteiger partial charge in [-0.15, -0.1) is 0 Å². The second-order valence-corrected chi connectivity index (χ2v) is 8.33. The van der Waals surface area contributed by atoms with Crippen molar-refractivity contribution in [2.45, 2.75) is 26.7 Å². The van der Waals surface area contributed by atoms with E-state index in [0.29, 0.717) is 11.4 Å². The summed E-state index contributed by atoms with van der Waals surface area (Å²) in [6, 6.07) is 15.8. The number of allylic oxidation sites excluding steroid dienone is 1. The maximum Gasteiger partial charge on any atom is 0.280 e. The molecule has 1 aliphatic heterocycles. The summed E-state index contributed by atoms with van der Waals surface area (Å²) in [6.45, 7) is 3.80. The number of hydrazine groups is 1. The Morgan fingerprint density at radius 3 is 2.03 bits per heavy atom. The number of benzene rings is 2. The first kappa shape index (κ1) is 23.9. The highest BCUT2D eigenvalue weighted by atomic mass is 16.5. The second kappa shape index (κ2) is 10.7. The summed E-state index contributed by atoms with van der Waals surface area (Å²) in [5, 5.41) is 9.99. The Bertz CT molecular complexity index is 1030. The van der Waals surface area contributed by atoms with E-state index in [1.165, 1.54) is 12.1 Å². The first-order valence-electron chi connectivity index (χ1n) is 10.8. The van der Waals surface area contributed by atoms with Crippen LogP contribution in [0.2, 0.25) is 0 Å². The van der Waals surface area contributed by atoms with Gasteiger partial charge in [0.25, 0.3) is 11.8 Å². The van der Waals surface area contributed by atoms with Crippen LogP contribution < -0.4 is 10.9 Å². The third-order valence-corrected chi connectivity index (χ3v) is 5.51. The Kier molecular flexibility index (Phi) is 7.74. The molecule has 33 heavy (non-hydrogen) atoms. The molecule has 0 spiro atoms. The van der Waals surface area contributed by atoms with Crippen LogP contribution in [0.25, 0.3) is 6.08 Å². The molecule has 4 amide bonds. The van der Waals surface area contributed by atoms with E-state index in [2.05, 4.69) is 5.43 Å². The lowest BCUT2D eigenvalue weighted by Gasteiger charge is -2.27. The van der Waals surface area contributed by atoms with Gasteiger partial charge in [-0.25, -0.2) is 5.48 Å². The fraction of sp³-hybridized carbons (Fsp3) is 0.280. The molecule has 2 aromatic carbocycles. The van der Waals surface area contributed by atoms with Crippen molar-refractivity contribution in [2.75, 3.05) is 0 Å². The van der Waals surface area contributed by atoms with Gasteiger partial charge in [0.1, 0.15) is 0 Å². The van der Waals surface area contributed by atoms with E-state index in [1.54, 1.807) is 23.7 Å². The monoisotopic (exact) mass is 449 g/mol. The number of hydrogen-bond acceptors (Lipinski definition) is 5.